The van der Waals surface area contributed by atoms with Crippen LogP contribution in [0.4, 0.5) is 43.4 Å². The van der Waals surface area contributed by atoms with E-state index in [0.717, 1.165) is 18.5 Å². The third-order valence-electron chi connectivity index (χ3n) is 5.82. The number of anilines is 3. The Morgan fingerprint density at radius 1 is 1.02 bits per heavy atom. The van der Waals surface area contributed by atoms with Gasteiger partial charge in [0.05, 0.1) is 46.6 Å². The van der Waals surface area contributed by atoms with E-state index in [9.17, 15) is 31.6 Å². The number of halogens is 7. The van der Waals surface area contributed by atoms with Crippen molar-refractivity contribution in [1.82, 2.24) is 25.0 Å². The SMILES string of the molecule is N#Cc1cnc2c(N[C@@H](c3ccc(F)cc3)c3cn(CC(F)(F)F)nn3)cc(Cl)cc2c1Nc1cnc(F)c(F)c1. The Kier molecular flexibility index (Phi) is 7.38. The van der Waals surface area contributed by atoms with Crippen LogP contribution >= 0.6 is 11.6 Å². The number of aromatic nitrogens is 5. The first-order valence-electron chi connectivity index (χ1n) is 11.6. The third-order valence-corrected chi connectivity index (χ3v) is 6.04. The molecule has 0 aliphatic carbocycles. The summed E-state index contributed by atoms with van der Waals surface area (Å²) >= 11 is 6.41. The van der Waals surface area contributed by atoms with Crippen molar-refractivity contribution in [3.63, 3.8) is 0 Å². The average Bonchev–Trinajstić information content (AvgIpc) is 3.36. The number of nitriles is 1. The van der Waals surface area contributed by atoms with E-state index in [1.807, 2.05) is 6.07 Å². The van der Waals surface area contributed by atoms with Gasteiger partial charge >= 0.3 is 6.18 Å². The van der Waals surface area contributed by atoms with Gasteiger partial charge in [-0.25, -0.2) is 18.4 Å². The molecule has 0 aliphatic heterocycles. The number of nitrogens with one attached hydrogen (secondary N) is 2. The topological polar surface area (TPSA) is 104 Å². The minimum Gasteiger partial charge on any atom is -0.371 e. The van der Waals surface area contributed by atoms with Crippen LogP contribution in [-0.2, 0) is 6.54 Å². The van der Waals surface area contributed by atoms with Crippen LogP contribution in [0.2, 0.25) is 5.02 Å². The molecule has 1 atom stereocenters. The minimum absolute atomic E-state index is 0.0350. The minimum atomic E-state index is -4.54. The highest BCUT2D eigenvalue weighted by Gasteiger charge is 2.30. The number of alkyl halides is 3. The lowest BCUT2D eigenvalue weighted by Gasteiger charge is -2.21. The molecule has 0 saturated heterocycles. The molecule has 0 saturated carbocycles. The van der Waals surface area contributed by atoms with Crippen LogP contribution in [0.1, 0.15) is 22.9 Å². The van der Waals surface area contributed by atoms with Gasteiger partial charge in [0, 0.05) is 22.7 Å². The second-order valence-corrected chi connectivity index (χ2v) is 9.15. The Morgan fingerprint density at radius 2 is 1.78 bits per heavy atom. The van der Waals surface area contributed by atoms with Gasteiger partial charge < -0.3 is 10.6 Å². The maximum absolute atomic E-state index is 13.8. The lowest BCUT2D eigenvalue weighted by atomic mass is 10.0. The van der Waals surface area contributed by atoms with E-state index in [0.29, 0.717) is 15.6 Å². The van der Waals surface area contributed by atoms with Gasteiger partial charge in [0.15, 0.2) is 5.82 Å². The second kappa shape index (κ2) is 10.9. The molecule has 0 unspecified atom stereocenters. The summed E-state index contributed by atoms with van der Waals surface area (Å²) in [6, 6.07) is 10.1. The van der Waals surface area contributed by atoms with Gasteiger partial charge in [-0.2, -0.15) is 22.8 Å². The van der Waals surface area contributed by atoms with Crippen LogP contribution in [0, 0.1) is 28.9 Å². The quantitative estimate of drug-likeness (QED) is 0.162. The van der Waals surface area contributed by atoms with E-state index in [1.54, 1.807) is 0 Å². The Labute approximate surface area is 232 Å². The summed E-state index contributed by atoms with van der Waals surface area (Å²) in [7, 11) is 0. The number of benzene rings is 2. The molecular formula is C26H15ClF6N8. The van der Waals surface area contributed by atoms with E-state index >= 15 is 0 Å². The van der Waals surface area contributed by atoms with Crippen molar-refractivity contribution in [1.29, 1.82) is 5.26 Å². The van der Waals surface area contributed by atoms with Crippen molar-refractivity contribution in [2.45, 2.75) is 18.8 Å². The number of hydrogen-bond donors (Lipinski definition) is 2. The fourth-order valence-electron chi connectivity index (χ4n) is 4.08. The third kappa shape index (κ3) is 6.15. The van der Waals surface area contributed by atoms with Crippen LogP contribution < -0.4 is 10.6 Å². The summed E-state index contributed by atoms with van der Waals surface area (Å²) in [5.41, 5.74) is 1.26. The van der Waals surface area contributed by atoms with E-state index in [1.165, 1.54) is 42.6 Å². The molecule has 0 aliphatic rings. The van der Waals surface area contributed by atoms with Crippen LogP contribution in [-0.4, -0.2) is 31.1 Å². The molecule has 3 aromatic heterocycles. The molecule has 0 radical (unpaired) electrons. The summed E-state index contributed by atoms with van der Waals surface area (Å²) in [6.45, 7) is -1.37. The Hall–Kier alpha value is -4.90. The van der Waals surface area contributed by atoms with Gasteiger partial charge in [0.1, 0.15) is 24.1 Å². The number of pyridine rings is 2. The standard InChI is InChI=1S/C26H15ClF6N8/c27-15-5-18-22(37-17-7-19(29)25(30)36-10-17)14(8-34)9-35-24(18)20(6-15)38-23(13-1-3-16(28)4-2-13)21-11-41(40-39-21)12-26(31,32)33/h1-7,9-11,23,38H,12H2,(H,35,37)/t23-/m0/s1. The molecule has 0 fully saturated rings. The Bertz CT molecular complexity index is 1780. The summed E-state index contributed by atoms with van der Waals surface area (Å²) in [5.74, 6) is -3.05. The molecule has 5 aromatic rings. The Morgan fingerprint density at radius 3 is 2.46 bits per heavy atom. The van der Waals surface area contributed by atoms with Crippen LogP contribution in [0.3, 0.4) is 0 Å². The maximum atomic E-state index is 13.8. The van der Waals surface area contributed by atoms with Gasteiger partial charge in [-0.3, -0.25) is 4.98 Å². The van der Waals surface area contributed by atoms with Crippen LogP contribution in [0.25, 0.3) is 10.9 Å². The van der Waals surface area contributed by atoms with Crippen molar-refractivity contribution >= 4 is 39.6 Å². The van der Waals surface area contributed by atoms with E-state index in [2.05, 4.69) is 30.9 Å². The predicted molar refractivity (Wildman–Crippen MR) is 137 cm³/mol. The zero-order chi connectivity index (χ0) is 29.3. The van der Waals surface area contributed by atoms with Crippen molar-refractivity contribution in [3.05, 3.63) is 100 Å². The van der Waals surface area contributed by atoms with Gasteiger partial charge in [-0.15, -0.1) is 5.10 Å². The van der Waals surface area contributed by atoms with Crippen molar-refractivity contribution in [2.24, 2.45) is 0 Å². The smallest absolute Gasteiger partial charge is 0.371 e. The molecule has 41 heavy (non-hydrogen) atoms. The number of hydrogen-bond acceptors (Lipinski definition) is 7. The second-order valence-electron chi connectivity index (χ2n) is 8.71. The van der Waals surface area contributed by atoms with Crippen molar-refractivity contribution < 1.29 is 26.3 Å². The number of fused-ring (bicyclic) bond motifs is 1. The average molecular weight is 589 g/mol. The van der Waals surface area contributed by atoms with Gasteiger partial charge in [-0.1, -0.05) is 28.9 Å². The zero-order valence-corrected chi connectivity index (χ0v) is 21.1. The van der Waals surface area contributed by atoms with Crippen molar-refractivity contribution in [3.8, 4) is 6.07 Å². The Balaban J connectivity index is 1.61. The van der Waals surface area contributed by atoms with Crippen LogP contribution in [0.5, 0.6) is 0 Å². The monoisotopic (exact) mass is 588 g/mol. The first kappa shape index (κ1) is 27.7. The number of nitrogens with zero attached hydrogens (tertiary/aromatic N) is 6. The molecule has 3 heterocycles. The van der Waals surface area contributed by atoms with E-state index in [-0.39, 0.29) is 38.9 Å². The van der Waals surface area contributed by atoms with Crippen molar-refractivity contribution in [2.75, 3.05) is 10.6 Å². The fraction of sp³-hybridized carbons (Fsp3) is 0.115. The molecule has 15 heteroatoms. The molecule has 0 amide bonds. The molecule has 8 nitrogen and oxygen atoms in total. The summed E-state index contributed by atoms with van der Waals surface area (Å²) in [5, 5.41) is 23.6. The zero-order valence-electron chi connectivity index (χ0n) is 20.4. The maximum Gasteiger partial charge on any atom is 0.408 e. The highest BCUT2D eigenvalue weighted by molar-refractivity contribution is 6.32. The summed E-state index contributed by atoms with van der Waals surface area (Å²) in [6.07, 6.45) is -1.17. The highest BCUT2D eigenvalue weighted by atomic mass is 35.5. The normalized spacial score (nSPS) is 12.2. The highest BCUT2D eigenvalue weighted by Crippen LogP contribution is 2.37. The summed E-state index contributed by atoms with van der Waals surface area (Å²) < 4.78 is 80.3. The van der Waals surface area contributed by atoms with Gasteiger partial charge in [0.2, 0.25) is 5.95 Å². The lowest BCUT2D eigenvalue weighted by molar-refractivity contribution is -0.142. The predicted octanol–water partition coefficient (Wildman–Crippen LogP) is 6.67. The van der Waals surface area contributed by atoms with Gasteiger partial charge in [-0.05, 0) is 29.8 Å². The first-order chi connectivity index (χ1) is 19.5. The van der Waals surface area contributed by atoms with E-state index < -0.39 is 36.3 Å². The van der Waals surface area contributed by atoms with E-state index in [4.69, 9.17) is 11.6 Å². The molecule has 0 spiro atoms. The van der Waals surface area contributed by atoms with Crippen LogP contribution in [0.15, 0.2) is 61.1 Å². The van der Waals surface area contributed by atoms with Gasteiger partial charge in [0.25, 0.3) is 0 Å². The molecule has 2 aromatic carbocycles. The molecule has 208 valence electrons. The largest absolute Gasteiger partial charge is 0.408 e. The number of rotatable bonds is 7. The first-order valence-corrected chi connectivity index (χ1v) is 12.0. The molecular weight excluding hydrogens is 574 g/mol. The fourth-order valence-corrected chi connectivity index (χ4v) is 4.29. The lowest BCUT2D eigenvalue weighted by Crippen LogP contribution is -2.18. The molecule has 5 rings (SSSR count). The summed E-state index contributed by atoms with van der Waals surface area (Å²) in [4.78, 5) is 7.68. The molecule has 0 bridgehead atoms. The molecule has 2 N–H and O–H groups in total.